The molecule has 0 N–H and O–H groups in total. The highest BCUT2D eigenvalue weighted by molar-refractivity contribution is 6.13. The van der Waals surface area contributed by atoms with E-state index < -0.39 is 5.41 Å². The van der Waals surface area contributed by atoms with Crippen molar-refractivity contribution in [1.82, 2.24) is 0 Å². The van der Waals surface area contributed by atoms with Crippen LogP contribution < -0.4 is 4.90 Å². The zero-order valence-corrected chi connectivity index (χ0v) is 37.9. The Morgan fingerprint density at radius 1 is 0.373 bits per heavy atom. The molecule has 0 bridgehead atoms. The highest BCUT2D eigenvalue weighted by Crippen LogP contribution is 2.59. The Balaban J connectivity index is 1.04. The van der Waals surface area contributed by atoms with Crippen LogP contribution in [0, 0.1) is 0 Å². The van der Waals surface area contributed by atoms with Gasteiger partial charge in [-0.2, -0.15) is 0 Å². The largest absolute Gasteiger partial charge is 0.456 e. The van der Waals surface area contributed by atoms with E-state index >= 15 is 0 Å². The summed E-state index contributed by atoms with van der Waals surface area (Å²) in [6.45, 7) is 6.84. The van der Waals surface area contributed by atoms with Crippen molar-refractivity contribution in [3.05, 3.63) is 270 Å². The van der Waals surface area contributed by atoms with Gasteiger partial charge in [0.2, 0.25) is 0 Å². The lowest BCUT2D eigenvalue weighted by molar-refractivity contribution is 0.590. The van der Waals surface area contributed by atoms with Crippen molar-refractivity contribution in [2.24, 2.45) is 0 Å². The van der Waals surface area contributed by atoms with Gasteiger partial charge in [0.05, 0.1) is 5.41 Å². The molecule has 2 heteroatoms. The van der Waals surface area contributed by atoms with Gasteiger partial charge in [-0.3, -0.25) is 0 Å². The topological polar surface area (TPSA) is 16.4 Å². The molecule has 1 unspecified atom stereocenters. The summed E-state index contributed by atoms with van der Waals surface area (Å²) in [5, 5.41) is 2.23. The fourth-order valence-corrected chi connectivity index (χ4v) is 10.8. The molecule has 1 aliphatic rings. The van der Waals surface area contributed by atoms with E-state index in [-0.39, 0.29) is 5.41 Å². The molecule has 320 valence electrons. The average molecular weight is 860 g/mol. The number of hydrogen-bond acceptors (Lipinski definition) is 2. The highest BCUT2D eigenvalue weighted by atomic mass is 16.3. The second kappa shape index (κ2) is 16.0. The molecule has 0 spiro atoms. The quantitative estimate of drug-likeness (QED) is 0.151. The van der Waals surface area contributed by atoms with Gasteiger partial charge >= 0.3 is 0 Å². The van der Waals surface area contributed by atoms with E-state index in [0.717, 1.165) is 50.1 Å². The van der Waals surface area contributed by atoms with Crippen molar-refractivity contribution in [2.75, 3.05) is 4.90 Å². The Labute approximate surface area is 393 Å². The van der Waals surface area contributed by atoms with E-state index in [1.54, 1.807) is 0 Å². The number of furan rings is 1. The first-order valence-corrected chi connectivity index (χ1v) is 23.3. The first-order valence-electron chi connectivity index (χ1n) is 23.3. The molecule has 12 rings (SSSR count). The molecular formula is C65H49NO. The number of anilines is 3. The molecule has 1 aromatic heterocycles. The zero-order valence-electron chi connectivity index (χ0n) is 37.9. The molecule has 0 fully saturated rings. The first kappa shape index (κ1) is 40.3. The molecule has 1 aliphatic carbocycles. The molecule has 1 heterocycles. The van der Waals surface area contributed by atoms with Crippen molar-refractivity contribution < 1.29 is 4.42 Å². The molecule has 67 heavy (non-hydrogen) atoms. The fourth-order valence-electron chi connectivity index (χ4n) is 10.8. The Bertz CT molecular complexity index is 3600. The predicted molar refractivity (Wildman–Crippen MR) is 281 cm³/mol. The van der Waals surface area contributed by atoms with Gasteiger partial charge in [-0.05, 0) is 132 Å². The minimum Gasteiger partial charge on any atom is -0.456 e. The van der Waals surface area contributed by atoms with Crippen LogP contribution >= 0.6 is 0 Å². The Morgan fingerprint density at radius 3 is 1.72 bits per heavy atom. The third-order valence-corrected chi connectivity index (χ3v) is 13.9. The zero-order chi connectivity index (χ0) is 45.1. The summed E-state index contributed by atoms with van der Waals surface area (Å²) < 4.78 is 6.52. The third kappa shape index (κ3) is 6.71. The normalized spacial score (nSPS) is 14.3. The van der Waals surface area contributed by atoms with Crippen LogP contribution in [0.5, 0.6) is 0 Å². The van der Waals surface area contributed by atoms with Crippen LogP contribution in [-0.2, 0) is 10.8 Å². The summed E-state index contributed by atoms with van der Waals surface area (Å²) in [4.78, 5) is 2.40. The van der Waals surface area contributed by atoms with Crippen molar-refractivity contribution in [3.8, 4) is 44.5 Å². The SMILES string of the molecule is CC(C)(C)c1ccc(-c2cccc3c2-c2ccccc2C3(c2ccccc2)c2cccc(N(c3ccccc3)c3cccc(-c4cccc5oc6ccc(-c7ccccc7)cc6c45)c3)c2)cc1. The van der Waals surface area contributed by atoms with Gasteiger partial charge in [-0.25, -0.2) is 0 Å². The average Bonchev–Trinajstić information content (AvgIpc) is 3.91. The number of benzene rings is 10. The summed E-state index contributed by atoms with van der Waals surface area (Å²) in [6, 6.07) is 88.9. The second-order valence-corrected chi connectivity index (χ2v) is 18.8. The van der Waals surface area contributed by atoms with E-state index in [1.807, 2.05) is 0 Å². The summed E-state index contributed by atoms with van der Waals surface area (Å²) >= 11 is 0. The summed E-state index contributed by atoms with van der Waals surface area (Å²) in [5.41, 5.74) is 20.5. The first-order chi connectivity index (χ1) is 32.9. The molecule has 10 aromatic carbocycles. The number of fused-ring (bicyclic) bond motifs is 6. The summed E-state index contributed by atoms with van der Waals surface area (Å²) in [7, 11) is 0. The van der Waals surface area contributed by atoms with Crippen LogP contribution in [0.3, 0.4) is 0 Å². The van der Waals surface area contributed by atoms with Crippen LogP contribution in [0.4, 0.5) is 17.1 Å². The number of hydrogen-bond donors (Lipinski definition) is 0. The van der Waals surface area contributed by atoms with Gasteiger partial charge in [-0.1, -0.05) is 209 Å². The number of para-hydroxylation sites is 1. The van der Waals surface area contributed by atoms with Gasteiger partial charge in [0.1, 0.15) is 11.2 Å². The summed E-state index contributed by atoms with van der Waals surface area (Å²) in [5.74, 6) is 0. The lowest BCUT2D eigenvalue weighted by atomic mass is 9.67. The minimum atomic E-state index is -0.592. The Morgan fingerprint density at radius 2 is 0.940 bits per heavy atom. The van der Waals surface area contributed by atoms with Crippen LogP contribution in [0.1, 0.15) is 48.6 Å². The Kier molecular flexibility index (Phi) is 9.66. The van der Waals surface area contributed by atoms with E-state index in [4.69, 9.17) is 4.42 Å². The maximum atomic E-state index is 6.52. The summed E-state index contributed by atoms with van der Waals surface area (Å²) in [6.07, 6.45) is 0. The third-order valence-electron chi connectivity index (χ3n) is 13.9. The lowest BCUT2D eigenvalue weighted by Gasteiger charge is -2.35. The molecule has 11 aromatic rings. The van der Waals surface area contributed by atoms with Crippen LogP contribution in [0.2, 0.25) is 0 Å². The molecule has 0 amide bonds. The van der Waals surface area contributed by atoms with Gasteiger partial charge in [0, 0.05) is 27.8 Å². The van der Waals surface area contributed by atoms with E-state index in [9.17, 15) is 0 Å². The molecule has 0 saturated carbocycles. The standard InChI is InChI=1S/C65H49NO/c1-64(2,3)48-38-35-45(36-39-48)54-30-17-33-59-62(54)56-29-13-14-32-58(56)65(59,49-22-9-5-10-23-49)50-24-16-28-53(43-50)66(51-25-11-6-12-26-51)52-27-15-21-47(41-52)55-31-18-34-61-63(55)57-42-46(37-40-60(57)67-61)44-19-7-4-8-20-44/h4-43H,1-3H3. The molecule has 0 saturated heterocycles. The predicted octanol–water partition coefficient (Wildman–Crippen LogP) is 17.7. The van der Waals surface area contributed by atoms with Crippen molar-refractivity contribution in [3.63, 3.8) is 0 Å². The van der Waals surface area contributed by atoms with E-state index in [1.165, 1.54) is 61.2 Å². The number of rotatable bonds is 8. The maximum Gasteiger partial charge on any atom is 0.136 e. The molecule has 2 nitrogen and oxygen atoms in total. The number of nitrogens with zero attached hydrogens (tertiary/aromatic N) is 1. The van der Waals surface area contributed by atoms with Gasteiger partial charge in [0.15, 0.2) is 0 Å². The molecular weight excluding hydrogens is 811 g/mol. The van der Waals surface area contributed by atoms with Crippen LogP contribution in [-0.4, -0.2) is 0 Å². The lowest BCUT2D eigenvalue weighted by Crippen LogP contribution is -2.28. The van der Waals surface area contributed by atoms with Crippen molar-refractivity contribution in [1.29, 1.82) is 0 Å². The monoisotopic (exact) mass is 859 g/mol. The fraction of sp³-hybridized carbons (Fsp3) is 0.0769. The van der Waals surface area contributed by atoms with Crippen LogP contribution in [0.25, 0.3) is 66.4 Å². The van der Waals surface area contributed by atoms with Gasteiger partial charge in [-0.15, -0.1) is 0 Å². The highest BCUT2D eigenvalue weighted by Gasteiger charge is 2.47. The maximum absolute atomic E-state index is 6.52. The minimum absolute atomic E-state index is 0.0716. The molecule has 1 atom stereocenters. The second-order valence-electron chi connectivity index (χ2n) is 18.8. The van der Waals surface area contributed by atoms with E-state index in [0.29, 0.717) is 0 Å². The van der Waals surface area contributed by atoms with E-state index in [2.05, 4.69) is 268 Å². The molecule has 0 aliphatic heterocycles. The smallest absolute Gasteiger partial charge is 0.136 e. The Hall–Kier alpha value is -8.20. The van der Waals surface area contributed by atoms with Gasteiger partial charge < -0.3 is 9.32 Å². The van der Waals surface area contributed by atoms with Crippen molar-refractivity contribution >= 4 is 39.0 Å². The molecule has 0 radical (unpaired) electrons. The van der Waals surface area contributed by atoms with Crippen molar-refractivity contribution in [2.45, 2.75) is 31.6 Å². The van der Waals surface area contributed by atoms with Crippen LogP contribution in [0.15, 0.2) is 247 Å². The van der Waals surface area contributed by atoms with Gasteiger partial charge in [0.25, 0.3) is 0 Å².